The third kappa shape index (κ3) is 4.54. The molecule has 0 radical (unpaired) electrons. The van der Waals surface area contributed by atoms with Gasteiger partial charge in [0.2, 0.25) is 0 Å². The Morgan fingerprint density at radius 2 is 2.08 bits per heavy atom. The van der Waals surface area contributed by atoms with Gasteiger partial charge in [0.25, 0.3) is 0 Å². The SMILES string of the molecule is C#CCC(NC(CC)CC)C(=O)O. The number of terminal acetylenes is 1. The number of nitrogens with one attached hydrogen (secondary N) is 1. The molecule has 0 saturated heterocycles. The number of aliphatic carboxylic acids is 1. The largest absolute Gasteiger partial charge is 0.480 e. The summed E-state index contributed by atoms with van der Waals surface area (Å²) in [6, 6.07) is -0.357. The fourth-order valence-electron chi connectivity index (χ4n) is 1.14. The van der Waals surface area contributed by atoms with E-state index in [0.29, 0.717) is 0 Å². The zero-order valence-electron chi connectivity index (χ0n) is 8.21. The van der Waals surface area contributed by atoms with E-state index in [9.17, 15) is 4.79 Å². The summed E-state index contributed by atoms with van der Waals surface area (Å²) in [6.45, 7) is 4.05. The first-order chi connectivity index (χ1) is 6.15. The first-order valence-corrected chi connectivity index (χ1v) is 4.57. The van der Waals surface area contributed by atoms with Crippen molar-refractivity contribution in [1.29, 1.82) is 0 Å². The van der Waals surface area contributed by atoms with Crippen LogP contribution in [0.5, 0.6) is 0 Å². The maximum Gasteiger partial charge on any atom is 0.321 e. The van der Waals surface area contributed by atoms with Crippen LogP contribution in [0.4, 0.5) is 0 Å². The van der Waals surface area contributed by atoms with E-state index in [2.05, 4.69) is 11.2 Å². The van der Waals surface area contributed by atoms with Gasteiger partial charge in [-0.05, 0) is 12.8 Å². The van der Waals surface area contributed by atoms with Gasteiger partial charge in [-0.25, -0.2) is 0 Å². The van der Waals surface area contributed by atoms with Crippen LogP contribution in [0.2, 0.25) is 0 Å². The van der Waals surface area contributed by atoms with Crippen LogP contribution in [-0.4, -0.2) is 23.2 Å². The van der Waals surface area contributed by atoms with Crippen LogP contribution < -0.4 is 5.32 Å². The van der Waals surface area contributed by atoms with Gasteiger partial charge in [0.05, 0.1) is 0 Å². The summed E-state index contributed by atoms with van der Waals surface area (Å²) < 4.78 is 0. The number of carbonyl (C=O) groups is 1. The smallest absolute Gasteiger partial charge is 0.321 e. The molecule has 2 N–H and O–H groups in total. The van der Waals surface area contributed by atoms with Gasteiger partial charge in [0.15, 0.2) is 0 Å². The maximum atomic E-state index is 10.7. The standard InChI is InChI=1S/C10H17NO2/c1-4-7-9(10(12)13)11-8(5-2)6-3/h1,8-9,11H,5-7H2,2-3H3,(H,12,13). The first kappa shape index (κ1) is 12.0. The maximum absolute atomic E-state index is 10.7. The monoisotopic (exact) mass is 183 g/mol. The lowest BCUT2D eigenvalue weighted by Crippen LogP contribution is -2.42. The number of hydrogen-bond donors (Lipinski definition) is 2. The van der Waals surface area contributed by atoms with Crippen LogP contribution in [0.15, 0.2) is 0 Å². The highest BCUT2D eigenvalue weighted by Gasteiger charge is 2.18. The molecule has 0 bridgehead atoms. The number of carboxylic acid groups (broad SMARTS) is 1. The summed E-state index contributed by atoms with van der Waals surface area (Å²) in [4.78, 5) is 10.7. The fourth-order valence-corrected chi connectivity index (χ4v) is 1.14. The second-order valence-electron chi connectivity index (χ2n) is 2.98. The summed E-state index contributed by atoms with van der Waals surface area (Å²) in [5.41, 5.74) is 0. The first-order valence-electron chi connectivity index (χ1n) is 4.57. The molecule has 0 spiro atoms. The molecule has 0 aliphatic rings. The highest BCUT2D eigenvalue weighted by Crippen LogP contribution is 2.00. The van der Waals surface area contributed by atoms with E-state index in [1.807, 2.05) is 13.8 Å². The Bertz CT molecular complexity index is 192. The average Bonchev–Trinajstić information content (AvgIpc) is 2.11. The molecular weight excluding hydrogens is 166 g/mol. The highest BCUT2D eigenvalue weighted by atomic mass is 16.4. The Kier molecular flexibility index (Phi) is 5.99. The molecule has 0 aliphatic carbocycles. The molecule has 0 aromatic rings. The van der Waals surface area contributed by atoms with Crippen molar-refractivity contribution in [2.24, 2.45) is 0 Å². The lowest BCUT2D eigenvalue weighted by molar-refractivity contribution is -0.139. The van der Waals surface area contributed by atoms with E-state index in [1.165, 1.54) is 0 Å². The van der Waals surface area contributed by atoms with Crippen molar-refractivity contribution < 1.29 is 9.90 Å². The molecule has 0 saturated carbocycles. The van der Waals surface area contributed by atoms with Gasteiger partial charge in [-0.15, -0.1) is 12.3 Å². The quantitative estimate of drug-likeness (QED) is 0.609. The van der Waals surface area contributed by atoms with Gasteiger partial charge in [-0.1, -0.05) is 13.8 Å². The fraction of sp³-hybridized carbons (Fsp3) is 0.700. The second kappa shape index (κ2) is 6.50. The van der Waals surface area contributed by atoms with Crippen molar-refractivity contribution in [3.63, 3.8) is 0 Å². The molecule has 3 heteroatoms. The second-order valence-corrected chi connectivity index (χ2v) is 2.98. The zero-order valence-corrected chi connectivity index (χ0v) is 8.21. The predicted molar refractivity (Wildman–Crippen MR) is 52.4 cm³/mol. The van der Waals surface area contributed by atoms with E-state index >= 15 is 0 Å². The minimum absolute atomic E-state index is 0.242. The number of rotatable bonds is 6. The van der Waals surface area contributed by atoms with E-state index in [1.54, 1.807) is 0 Å². The lowest BCUT2D eigenvalue weighted by atomic mass is 10.1. The molecule has 3 nitrogen and oxygen atoms in total. The van der Waals surface area contributed by atoms with Gasteiger partial charge in [-0.2, -0.15) is 0 Å². The third-order valence-corrected chi connectivity index (χ3v) is 2.04. The highest BCUT2D eigenvalue weighted by molar-refractivity contribution is 5.73. The Morgan fingerprint density at radius 3 is 2.38 bits per heavy atom. The van der Waals surface area contributed by atoms with Crippen molar-refractivity contribution in [3.8, 4) is 12.3 Å². The molecule has 1 unspecified atom stereocenters. The predicted octanol–water partition coefficient (Wildman–Crippen LogP) is 1.24. The molecule has 1 atom stereocenters. The summed E-state index contributed by atoms with van der Waals surface area (Å²) in [5.74, 6) is 1.49. The van der Waals surface area contributed by atoms with Crippen molar-refractivity contribution in [1.82, 2.24) is 5.32 Å². The van der Waals surface area contributed by atoms with E-state index in [-0.39, 0.29) is 12.5 Å². The average molecular weight is 183 g/mol. The Hall–Kier alpha value is -1.01. The van der Waals surface area contributed by atoms with Gasteiger partial charge in [-0.3, -0.25) is 4.79 Å². The summed E-state index contributed by atoms with van der Waals surface area (Å²) in [7, 11) is 0. The van der Waals surface area contributed by atoms with Gasteiger partial charge in [0.1, 0.15) is 6.04 Å². The Morgan fingerprint density at radius 1 is 1.54 bits per heavy atom. The lowest BCUT2D eigenvalue weighted by Gasteiger charge is -2.19. The molecule has 0 fully saturated rings. The molecule has 0 rings (SSSR count). The number of carboxylic acids is 1. The van der Waals surface area contributed by atoms with E-state index in [0.717, 1.165) is 12.8 Å². The summed E-state index contributed by atoms with van der Waals surface area (Å²) >= 11 is 0. The van der Waals surface area contributed by atoms with Crippen LogP contribution in [0.3, 0.4) is 0 Å². The molecule has 13 heavy (non-hydrogen) atoms. The molecule has 0 amide bonds. The third-order valence-electron chi connectivity index (χ3n) is 2.04. The molecule has 0 aromatic carbocycles. The molecule has 0 heterocycles. The van der Waals surface area contributed by atoms with Gasteiger partial charge >= 0.3 is 5.97 Å². The van der Waals surface area contributed by atoms with Gasteiger partial charge in [0, 0.05) is 12.5 Å². The normalized spacial score (nSPS) is 12.5. The zero-order chi connectivity index (χ0) is 10.3. The molecule has 74 valence electrons. The van der Waals surface area contributed by atoms with E-state index < -0.39 is 12.0 Å². The van der Waals surface area contributed by atoms with Gasteiger partial charge < -0.3 is 10.4 Å². The minimum Gasteiger partial charge on any atom is -0.480 e. The van der Waals surface area contributed by atoms with Crippen LogP contribution in [0, 0.1) is 12.3 Å². The molecule has 0 aromatic heterocycles. The van der Waals surface area contributed by atoms with Crippen LogP contribution >= 0.6 is 0 Å². The van der Waals surface area contributed by atoms with Crippen LogP contribution in [-0.2, 0) is 4.79 Å². The van der Waals surface area contributed by atoms with Crippen molar-refractivity contribution in [3.05, 3.63) is 0 Å². The van der Waals surface area contributed by atoms with Crippen molar-refractivity contribution in [2.45, 2.75) is 45.2 Å². The topological polar surface area (TPSA) is 49.3 Å². The van der Waals surface area contributed by atoms with Crippen molar-refractivity contribution in [2.75, 3.05) is 0 Å². The Balaban J connectivity index is 4.08. The van der Waals surface area contributed by atoms with Crippen molar-refractivity contribution >= 4 is 5.97 Å². The van der Waals surface area contributed by atoms with E-state index in [4.69, 9.17) is 11.5 Å². The summed E-state index contributed by atoms with van der Waals surface area (Å²) in [5, 5.41) is 11.8. The summed E-state index contributed by atoms with van der Waals surface area (Å²) in [6.07, 6.45) is 7.16. The molecule has 0 aliphatic heterocycles. The Labute approximate surface area is 79.5 Å². The van der Waals surface area contributed by atoms with Crippen LogP contribution in [0.25, 0.3) is 0 Å². The minimum atomic E-state index is -0.871. The van der Waals surface area contributed by atoms with Crippen LogP contribution in [0.1, 0.15) is 33.1 Å². The number of hydrogen-bond acceptors (Lipinski definition) is 2. The molecular formula is C10H17NO2.